The molecule has 4 heteroatoms. The first-order valence-electron chi connectivity index (χ1n) is 6.52. The number of ether oxygens (including phenoxy) is 2. The van der Waals surface area contributed by atoms with Crippen LogP contribution >= 0.6 is 0 Å². The summed E-state index contributed by atoms with van der Waals surface area (Å²) in [6.07, 6.45) is 1.23. The minimum absolute atomic E-state index is 0.344. The van der Waals surface area contributed by atoms with Gasteiger partial charge in [-0.25, -0.2) is 0 Å². The molecule has 1 fully saturated rings. The Morgan fingerprint density at radius 2 is 2.11 bits per heavy atom. The molecule has 0 saturated carbocycles. The minimum atomic E-state index is 0.344. The van der Waals surface area contributed by atoms with E-state index in [0.29, 0.717) is 18.8 Å². The van der Waals surface area contributed by atoms with Gasteiger partial charge < -0.3 is 19.7 Å². The van der Waals surface area contributed by atoms with E-state index in [1.54, 1.807) is 0 Å². The Morgan fingerprint density at radius 1 is 1.28 bits per heavy atom. The van der Waals surface area contributed by atoms with Gasteiger partial charge in [0.1, 0.15) is 0 Å². The summed E-state index contributed by atoms with van der Waals surface area (Å²) in [4.78, 5) is 2.30. The van der Waals surface area contributed by atoms with Crippen molar-refractivity contribution in [2.24, 2.45) is 5.92 Å². The molecule has 1 aromatic rings. The lowest BCUT2D eigenvalue weighted by atomic mass is 9.91. The topological polar surface area (TPSA) is 33.7 Å². The van der Waals surface area contributed by atoms with E-state index in [9.17, 15) is 0 Å². The van der Waals surface area contributed by atoms with E-state index in [1.165, 1.54) is 12.0 Å². The van der Waals surface area contributed by atoms with Crippen LogP contribution in [-0.4, -0.2) is 38.9 Å². The third-order valence-corrected chi connectivity index (χ3v) is 3.84. The summed E-state index contributed by atoms with van der Waals surface area (Å²) >= 11 is 0. The van der Waals surface area contributed by atoms with Gasteiger partial charge in [0, 0.05) is 6.04 Å². The fourth-order valence-corrected chi connectivity index (χ4v) is 3.04. The van der Waals surface area contributed by atoms with Crippen molar-refractivity contribution in [1.29, 1.82) is 0 Å². The fraction of sp³-hybridized carbons (Fsp3) is 0.571. The molecule has 0 aromatic heterocycles. The molecular formula is C14H20N2O2. The van der Waals surface area contributed by atoms with Crippen LogP contribution < -0.4 is 14.8 Å². The van der Waals surface area contributed by atoms with E-state index in [1.807, 2.05) is 6.07 Å². The monoisotopic (exact) mass is 248 g/mol. The summed E-state index contributed by atoms with van der Waals surface area (Å²) in [5, 5.41) is 3.45. The molecule has 0 bridgehead atoms. The fourth-order valence-electron chi connectivity index (χ4n) is 3.04. The zero-order valence-corrected chi connectivity index (χ0v) is 11.0. The second-order valence-electron chi connectivity index (χ2n) is 5.27. The molecule has 0 spiro atoms. The number of fused-ring (bicyclic) bond motifs is 1. The number of rotatable bonds is 3. The standard InChI is InChI=1S/C14H20N2O2/c1-16(2)14(11-5-6-15-8-11)10-3-4-12-13(7-10)18-9-17-12/h3-4,7,11,14-15H,5-6,8-9H2,1-2H3. The van der Waals surface area contributed by atoms with Crippen molar-refractivity contribution in [3.8, 4) is 11.5 Å². The molecule has 0 aliphatic carbocycles. The molecule has 98 valence electrons. The van der Waals surface area contributed by atoms with Gasteiger partial charge in [-0.2, -0.15) is 0 Å². The summed E-state index contributed by atoms with van der Waals surface area (Å²) in [6, 6.07) is 6.76. The second kappa shape index (κ2) is 4.78. The van der Waals surface area contributed by atoms with Gasteiger partial charge in [-0.3, -0.25) is 0 Å². The molecule has 4 nitrogen and oxygen atoms in total. The Hall–Kier alpha value is -1.26. The summed E-state index contributed by atoms with van der Waals surface area (Å²) in [7, 11) is 4.29. The largest absolute Gasteiger partial charge is 0.454 e. The van der Waals surface area contributed by atoms with E-state index >= 15 is 0 Å². The average molecular weight is 248 g/mol. The lowest BCUT2D eigenvalue weighted by Crippen LogP contribution is -2.28. The van der Waals surface area contributed by atoms with Crippen LogP contribution in [0, 0.1) is 5.92 Å². The zero-order chi connectivity index (χ0) is 12.5. The van der Waals surface area contributed by atoms with Gasteiger partial charge in [0.2, 0.25) is 6.79 Å². The van der Waals surface area contributed by atoms with Crippen molar-refractivity contribution in [3.05, 3.63) is 23.8 Å². The van der Waals surface area contributed by atoms with Crippen LogP contribution in [0.25, 0.3) is 0 Å². The first-order valence-corrected chi connectivity index (χ1v) is 6.52. The van der Waals surface area contributed by atoms with Gasteiger partial charge in [0.05, 0.1) is 0 Å². The van der Waals surface area contributed by atoms with Gasteiger partial charge in [0.15, 0.2) is 11.5 Å². The highest BCUT2D eigenvalue weighted by molar-refractivity contribution is 5.45. The molecule has 18 heavy (non-hydrogen) atoms. The Kier molecular flexibility index (Phi) is 3.14. The first-order chi connectivity index (χ1) is 8.75. The summed E-state index contributed by atoms with van der Waals surface area (Å²) in [5.41, 5.74) is 1.32. The molecule has 2 aliphatic heterocycles. The van der Waals surface area contributed by atoms with E-state index in [-0.39, 0.29) is 0 Å². The maximum atomic E-state index is 5.48. The van der Waals surface area contributed by atoms with Crippen LogP contribution in [0.5, 0.6) is 11.5 Å². The lowest BCUT2D eigenvalue weighted by Gasteiger charge is -2.30. The first kappa shape index (κ1) is 11.8. The van der Waals surface area contributed by atoms with Crippen LogP contribution in [0.2, 0.25) is 0 Å². The number of benzene rings is 1. The third kappa shape index (κ3) is 2.06. The Labute approximate surface area is 108 Å². The summed E-state index contributed by atoms with van der Waals surface area (Å²) < 4.78 is 10.8. The molecule has 1 saturated heterocycles. The molecule has 0 radical (unpaired) electrons. The highest BCUT2D eigenvalue weighted by atomic mass is 16.7. The van der Waals surface area contributed by atoms with Gasteiger partial charge >= 0.3 is 0 Å². The smallest absolute Gasteiger partial charge is 0.231 e. The number of hydrogen-bond acceptors (Lipinski definition) is 4. The van der Waals surface area contributed by atoms with Gasteiger partial charge in [-0.1, -0.05) is 6.07 Å². The van der Waals surface area contributed by atoms with E-state index in [0.717, 1.165) is 24.6 Å². The normalized spacial score (nSPS) is 23.6. The molecular weight excluding hydrogens is 228 g/mol. The molecule has 0 amide bonds. The molecule has 2 unspecified atom stereocenters. The molecule has 1 aromatic carbocycles. The van der Waals surface area contributed by atoms with Crippen LogP contribution in [0.4, 0.5) is 0 Å². The zero-order valence-electron chi connectivity index (χ0n) is 11.0. The van der Waals surface area contributed by atoms with E-state index in [2.05, 4.69) is 36.4 Å². The number of hydrogen-bond donors (Lipinski definition) is 1. The van der Waals surface area contributed by atoms with Gasteiger partial charge in [-0.15, -0.1) is 0 Å². The van der Waals surface area contributed by atoms with Crippen LogP contribution in [0.1, 0.15) is 18.0 Å². The lowest BCUT2D eigenvalue weighted by molar-refractivity contribution is 0.173. The Morgan fingerprint density at radius 3 is 2.83 bits per heavy atom. The maximum Gasteiger partial charge on any atom is 0.231 e. The molecule has 2 heterocycles. The summed E-state index contributed by atoms with van der Waals surface area (Å²) in [5.74, 6) is 2.41. The van der Waals surface area contributed by atoms with Crippen LogP contribution in [0.3, 0.4) is 0 Å². The van der Waals surface area contributed by atoms with Crippen LogP contribution in [0.15, 0.2) is 18.2 Å². The van der Waals surface area contributed by atoms with Crippen LogP contribution in [-0.2, 0) is 0 Å². The van der Waals surface area contributed by atoms with Crippen molar-refractivity contribution in [1.82, 2.24) is 10.2 Å². The predicted molar refractivity (Wildman–Crippen MR) is 70.0 cm³/mol. The van der Waals surface area contributed by atoms with Crippen molar-refractivity contribution < 1.29 is 9.47 Å². The van der Waals surface area contributed by atoms with Crippen molar-refractivity contribution in [2.75, 3.05) is 34.0 Å². The number of nitrogens with zero attached hydrogens (tertiary/aromatic N) is 1. The van der Waals surface area contributed by atoms with E-state index in [4.69, 9.17) is 9.47 Å². The van der Waals surface area contributed by atoms with Gasteiger partial charge in [-0.05, 0) is 57.2 Å². The van der Waals surface area contributed by atoms with E-state index < -0.39 is 0 Å². The van der Waals surface area contributed by atoms with Crippen molar-refractivity contribution in [2.45, 2.75) is 12.5 Å². The highest BCUT2D eigenvalue weighted by Crippen LogP contribution is 2.38. The molecule has 3 rings (SSSR count). The highest BCUT2D eigenvalue weighted by Gasteiger charge is 2.29. The minimum Gasteiger partial charge on any atom is -0.454 e. The average Bonchev–Trinajstić information content (AvgIpc) is 2.98. The van der Waals surface area contributed by atoms with Gasteiger partial charge in [0.25, 0.3) is 0 Å². The summed E-state index contributed by atoms with van der Waals surface area (Å²) in [6.45, 7) is 2.56. The van der Waals surface area contributed by atoms with Crippen molar-refractivity contribution in [3.63, 3.8) is 0 Å². The molecule has 2 atom stereocenters. The molecule has 1 N–H and O–H groups in total. The third-order valence-electron chi connectivity index (χ3n) is 3.84. The Balaban J connectivity index is 1.89. The maximum absolute atomic E-state index is 5.48. The second-order valence-corrected chi connectivity index (χ2v) is 5.27. The van der Waals surface area contributed by atoms with Crippen molar-refractivity contribution >= 4 is 0 Å². The molecule has 2 aliphatic rings. The quantitative estimate of drug-likeness (QED) is 0.881. The Bertz CT molecular complexity index is 428. The number of nitrogens with one attached hydrogen (secondary N) is 1. The SMILES string of the molecule is CN(C)C(c1ccc2c(c1)OCO2)C1CCNC1. The predicted octanol–water partition coefficient (Wildman–Crippen LogP) is 1.63.